The van der Waals surface area contributed by atoms with Gasteiger partial charge in [0.15, 0.2) is 0 Å². The van der Waals surface area contributed by atoms with E-state index in [1.54, 1.807) is 24.3 Å². The van der Waals surface area contributed by atoms with Crippen molar-refractivity contribution < 1.29 is 14.6 Å². The molecule has 5 heteroatoms. The molecule has 118 valence electrons. The van der Waals surface area contributed by atoms with Crippen LogP contribution in [0.1, 0.15) is 23.2 Å². The lowest BCUT2D eigenvalue weighted by atomic mass is 10.2. The van der Waals surface area contributed by atoms with E-state index < -0.39 is 5.97 Å². The number of carboxylic acids is 1. The maximum atomic E-state index is 10.9. The second kappa shape index (κ2) is 6.96. The van der Waals surface area contributed by atoms with Crippen molar-refractivity contribution in [1.29, 1.82) is 0 Å². The second-order valence-corrected chi connectivity index (χ2v) is 5.32. The van der Waals surface area contributed by atoms with E-state index in [4.69, 9.17) is 9.84 Å². The molecule has 0 radical (unpaired) electrons. The number of hydrogen-bond acceptors (Lipinski definition) is 3. The minimum atomic E-state index is -0.942. The molecule has 2 aromatic carbocycles. The van der Waals surface area contributed by atoms with Crippen molar-refractivity contribution in [2.75, 3.05) is 6.61 Å². The molecule has 0 unspecified atom stereocenters. The molecule has 0 spiro atoms. The van der Waals surface area contributed by atoms with Gasteiger partial charge in [-0.25, -0.2) is 9.78 Å². The molecule has 0 atom stereocenters. The van der Waals surface area contributed by atoms with Crippen LogP contribution in [0.4, 0.5) is 0 Å². The molecule has 0 amide bonds. The highest BCUT2D eigenvalue weighted by molar-refractivity contribution is 5.88. The highest BCUT2D eigenvalue weighted by atomic mass is 16.5. The quantitative estimate of drug-likeness (QED) is 0.677. The minimum Gasteiger partial charge on any atom is -0.494 e. The maximum Gasteiger partial charge on any atom is 0.335 e. The zero-order valence-electron chi connectivity index (χ0n) is 12.7. The summed E-state index contributed by atoms with van der Waals surface area (Å²) in [4.78, 5) is 15.3. The zero-order chi connectivity index (χ0) is 16.1. The molecule has 0 saturated carbocycles. The van der Waals surface area contributed by atoms with Crippen LogP contribution >= 0.6 is 0 Å². The van der Waals surface area contributed by atoms with Crippen LogP contribution in [0.15, 0.2) is 54.9 Å². The van der Waals surface area contributed by atoms with Crippen LogP contribution in [0.3, 0.4) is 0 Å². The largest absolute Gasteiger partial charge is 0.494 e. The van der Waals surface area contributed by atoms with Gasteiger partial charge in [-0.2, -0.15) is 0 Å². The van der Waals surface area contributed by atoms with Gasteiger partial charge in [-0.05, 0) is 43.2 Å². The monoisotopic (exact) mass is 310 g/mol. The third kappa shape index (κ3) is 3.69. The fourth-order valence-corrected chi connectivity index (χ4v) is 2.48. The third-order valence-corrected chi connectivity index (χ3v) is 3.67. The molecule has 3 rings (SSSR count). The number of benzene rings is 2. The molecule has 0 aliphatic heterocycles. The predicted octanol–water partition coefficient (Wildman–Crippen LogP) is 3.59. The standard InChI is InChI=1S/C18H18N2O3/c21-18(22)14-6-5-7-15(12-14)23-11-4-3-10-20-13-19-16-8-1-2-9-17(16)20/h1-2,5-9,12-13H,3-4,10-11H2,(H,21,22). The van der Waals surface area contributed by atoms with Crippen LogP contribution < -0.4 is 4.74 Å². The van der Waals surface area contributed by atoms with Gasteiger partial charge in [0.25, 0.3) is 0 Å². The second-order valence-electron chi connectivity index (χ2n) is 5.32. The number of fused-ring (bicyclic) bond motifs is 1. The molecule has 5 nitrogen and oxygen atoms in total. The summed E-state index contributed by atoms with van der Waals surface area (Å²) in [7, 11) is 0. The van der Waals surface area contributed by atoms with E-state index in [2.05, 4.69) is 15.6 Å². The lowest BCUT2D eigenvalue weighted by Gasteiger charge is -2.07. The number of ether oxygens (including phenoxy) is 1. The number of para-hydroxylation sites is 2. The fourth-order valence-electron chi connectivity index (χ4n) is 2.48. The number of unbranched alkanes of at least 4 members (excludes halogenated alkanes) is 1. The first-order chi connectivity index (χ1) is 11.2. The molecule has 23 heavy (non-hydrogen) atoms. The molecule has 0 saturated heterocycles. The van der Waals surface area contributed by atoms with Gasteiger partial charge in [0, 0.05) is 6.54 Å². The van der Waals surface area contributed by atoms with Gasteiger partial charge < -0.3 is 14.4 Å². The zero-order valence-corrected chi connectivity index (χ0v) is 12.7. The summed E-state index contributed by atoms with van der Waals surface area (Å²) in [6.07, 6.45) is 3.73. The first kappa shape index (κ1) is 15.1. The Morgan fingerprint density at radius 1 is 1.13 bits per heavy atom. The maximum absolute atomic E-state index is 10.9. The number of aryl methyl sites for hydroxylation is 1. The van der Waals surface area contributed by atoms with Gasteiger partial charge in [0.05, 0.1) is 29.5 Å². The van der Waals surface area contributed by atoms with Crippen molar-refractivity contribution in [3.8, 4) is 5.75 Å². The Hall–Kier alpha value is -2.82. The lowest BCUT2D eigenvalue weighted by molar-refractivity contribution is 0.0696. The first-order valence-corrected chi connectivity index (χ1v) is 7.60. The summed E-state index contributed by atoms with van der Waals surface area (Å²) < 4.78 is 7.75. The fraction of sp³-hybridized carbons (Fsp3) is 0.222. The topological polar surface area (TPSA) is 64.3 Å². The molecule has 0 aliphatic rings. The van der Waals surface area contributed by atoms with Gasteiger partial charge in [0.2, 0.25) is 0 Å². The highest BCUT2D eigenvalue weighted by Crippen LogP contribution is 2.15. The van der Waals surface area contributed by atoms with Crippen LogP contribution in [-0.4, -0.2) is 27.2 Å². The Labute approximate surface area is 134 Å². The van der Waals surface area contributed by atoms with Crippen LogP contribution in [0.2, 0.25) is 0 Å². The SMILES string of the molecule is O=C(O)c1cccc(OCCCCn2cnc3ccccc32)c1. The molecular formula is C18H18N2O3. The number of aromatic carboxylic acids is 1. The summed E-state index contributed by atoms with van der Waals surface area (Å²) in [5.74, 6) is -0.347. The van der Waals surface area contributed by atoms with Gasteiger partial charge in [0.1, 0.15) is 5.75 Å². The smallest absolute Gasteiger partial charge is 0.335 e. The summed E-state index contributed by atoms with van der Waals surface area (Å²) in [6.45, 7) is 1.45. The Morgan fingerprint density at radius 2 is 2.00 bits per heavy atom. The number of imidazole rings is 1. The van der Waals surface area contributed by atoms with Crippen molar-refractivity contribution in [3.05, 3.63) is 60.4 Å². The van der Waals surface area contributed by atoms with Gasteiger partial charge >= 0.3 is 5.97 Å². The summed E-state index contributed by atoms with van der Waals surface area (Å²) in [5, 5.41) is 8.95. The molecular weight excluding hydrogens is 292 g/mol. The number of nitrogens with zero attached hydrogens (tertiary/aromatic N) is 2. The Balaban J connectivity index is 1.47. The van der Waals surface area contributed by atoms with E-state index in [9.17, 15) is 4.79 Å². The Bertz CT molecular complexity index is 811. The van der Waals surface area contributed by atoms with E-state index in [0.717, 1.165) is 30.4 Å². The van der Waals surface area contributed by atoms with E-state index in [0.29, 0.717) is 12.4 Å². The van der Waals surface area contributed by atoms with Crippen molar-refractivity contribution >= 4 is 17.0 Å². The van der Waals surface area contributed by atoms with Crippen molar-refractivity contribution in [2.45, 2.75) is 19.4 Å². The van der Waals surface area contributed by atoms with Crippen LogP contribution in [0.5, 0.6) is 5.75 Å². The van der Waals surface area contributed by atoms with E-state index in [-0.39, 0.29) is 5.56 Å². The number of aromatic nitrogens is 2. The summed E-state index contributed by atoms with van der Waals surface area (Å²) >= 11 is 0. The molecule has 1 N–H and O–H groups in total. The molecule has 1 heterocycles. The van der Waals surface area contributed by atoms with Gasteiger partial charge in [-0.15, -0.1) is 0 Å². The number of hydrogen-bond donors (Lipinski definition) is 1. The van der Waals surface area contributed by atoms with E-state index >= 15 is 0 Å². The molecule has 0 bridgehead atoms. The number of carboxylic acid groups (broad SMARTS) is 1. The summed E-state index contributed by atoms with van der Waals surface area (Å²) in [5.41, 5.74) is 2.39. The highest BCUT2D eigenvalue weighted by Gasteiger charge is 2.04. The van der Waals surface area contributed by atoms with Crippen molar-refractivity contribution in [3.63, 3.8) is 0 Å². The number of carbonyl (C=O) groups is 1. The van der Waals surface area contributed by atoms with Crippen LogP contribution in [-0.2, 0) is 6.54 Å². The van der Waals surface area contributed by atoms with Crippen molar-refractivity contribution in [1.82, 2.24) is 9.55 Å². The lowest BCUT2D eigenvalue weighted by Crippen LogP contribution is -2.02. The first-order valence-electron chi connectivity index (χ1n) is 7.60. The summed E-state index contributed by atoms with van der Waals surface area (Å²) in [6, 6.07) is 14.6. The van der Waals surface area contributed by atoms with E-state index in [1.165, 1.54) is 0 Å². The Kier molecular flexibility index (Phi) is 4.57. The van der Waals surface area contributed by atoms with Crippen molar-refractivity contribution in [2.24, 2.45) is 0 Å². The molecule has 1 aromatic heterocycles. The van der Waals surface area contributed by atoms with Crippen LogP contribution in [0, 0.1) is 0 Å². The van der Waals surface area contributed by atoms with E-state index in [1.807, 2.05) is 24.5 Å². The normalized spacial score (nSPS) is 10.8. The molecule has 0 aliphatic carbocycles. The molecule has 0 fully saturated rings. The average molecular weight is 310 g/mol. The van der Waals surface area contributed by atoms with Crippen LogP contribution in [0.25, 0.3) is 11.0 Å². The van der Waals surface area contributed by atoms with Gasteiger partial charge in [-0.3, -0.25) is 0 Å². The van der Waals surface area contributed by atoms with Gasteiger partial charge in [-0.1, -0.05) is 18.2 Å². The number of rotatable bonds is 7. The Morgan fingerprint density at radius 3 is 2.87 bits per heavy atom. The third-order valence-electron chi connectivity index (χ3n) is 3.67. The molecule has 3 aromatic rings. The predicted molar refractivity (Wildman–Crippen MR) is 87.9 cm³/mol. The minimum absolute atomic E-state index is 0.243. The average Bonchev–Trinajstić information content (AvgIpc) is 2.98.